The molecule has 148 valence electrons. The van der Waals surface area contributed by atoms with Crippen molar-refractivity contribution in [1.29, 1.82) is 0 Å². The summed E-state index contributed by atoms with van der Waals surface area (Å²) in [6, 6.07) is 18.2. The molecule has 0 bridgehead atoms. The summed E-state index contributed by atoms with van der Waals surface area (Å²) in [5.41, 5.74) is 4.89. The number of nitrogens with zero attached hydrogens (tertiary/aromatic N) is 4. The van der Waals surface area contributed by atoms with Crippen LogP contribution in [0.25, 0.3) is 0 Å². The molecule has 6 nitrogen and oxygen atoms in total. The number of aromatic nitrogens is 2. The number of hydrogen-bond acceptors (Lipinski definition) is 5. The van der Waals surface area contributed by atoms with Crippen molar-refractivity contribution in [2.24, 2.45) is 0 Å². The van der Waals surface area contributed by atoms with E-state index in [0.29, 0.717) is 24.6 Å². The Labute approximate surface area is 171 Å². The van der Waals surface area contributed by atoms with Gasteiger partial charge < -0.3 is 15.1 Å². The number of anilines is 3. The van der Waals surface area contributed by atoms with Gasteiger partial charge in [0.15, 0.2) is 0 Å². The molecule has 0 saturated carbocycles. The first kappa shape index (κ1) is 18.9. The molecule has 6 heteroatoms. The van der Waals surface area contributed by atoms with Crippen LogP contribution < -0.4 is 10.2 Å². The Balaban J connectivity index is 1.43. The maximum atomic E-state index is 13.0. The first-order chi connectivity index (χ1) is 14.1. The highest BCUT2D eigenvalue weighted by Crippen LogP contribution is 2.21. The van der Waals surface area contributed by atoms with Gasteiger partial charge in [0.05, 0.1) is 0 Å². The summed E-state index contributed by atoms with van der Waals surface area (Å²) < 4.78 is 0. The number of hydrogen-bond donors (Lipinski definition) is 1. The van der Waals surface area contributed by atoms with Crippen LogP contribution in [0.15, 0.2) is 60.9 Å². The topological polar surface area (TPSA) is 61.4 Å². The van der Waals surface area contributed by atoms with Gasteiger partial charge in [-0.2, -0.15) is 0 Å². The zero-order valence-corrected chi connectivity index (χ0v) is 16.8. The molecule has 1 aliphatic heterocycles. The summed E-state index contributed by atoms with van der Waals surface area (Å²) in [4.78, 5) is 25.6. The highest BCUT2D eigenvalue weighted by Gasteiger charge is 2.23. The number of rotatable bonds is 4. The minimum Gasteiger partial charge on any atom is -0.368 e. The molecule has 1 saturated heterocycles. The van der Waals surface area contributed by atoms with E-state index >= 15 is 0 Å². The van der Waals surface area contributed by atoms with Gasteiger partial charge in [0.1, 0.15) is 17.8 Å². The normalized spacial score (nSPS) is 14.0. The highest BCUT2D eigenvalue weighted by atomic mass is 16.2. The number of para-hydroxylation sites is 1. The fraction of sp³-hybridized carbons (Fsp3) is 0.261. The molecule has 29 heavy (non-hydrogen) atoms. The lowest BCUT2D eigenvalue weighted by atomic mass is 10.1. The fourth-order valence-electron chi connectivity index (χ4n) is 3.52. The van der Waals surface area contributed by atoms with Crippen LogP contribution in [0.2, 0.25) is 0 Å². The first-order valence-electron chi connectivity index (χ1n) is 9.86. The average molecular weight is 387 g/mol. The molecule has 2 aromatic carbocycles. The number of piperazine rings is 1. The second kappa shape index (κ2) is 8.31. The minimum atomic E-state index is -0.0517. The Kier molecular flexibility index (Phi) is 5.42. The van der Waals surface area contributed by atoms with Crippen molar-refractivity contribution in [3.63, 3.8) is 0 Å². The van der Waals surface area contributed by atoms with Gasteiger partial charge in [-0.3, -0.25) is 4.79 Å². The molecule has 0 spiro atoms. The van der Waals surface area contributed by atoms with E-state index in [9.17, 15) is 4.79 Å². The van der Waals surface area contributed by atoms with Gasteiger partial charge in [0, 0.05) is 43.6 Å². The van der Waals surface area contributed by atoms with Crippen LogP contribution in [0.4, 0.5) is 17.2 Å². The predicted octanol–water partition coefficient (Wildman–Crippen LogP) is 3.80. The average Bonchev–Trinajstić information content (AvgIpc) is 2.77. The van der Waals surface area contributed by atoms with E-state index in [1.165, 1.54) is 17.6 Å². The van der Waals surface area contributed by atoms with E-state index in [-0.39, 0.29) is 5.91 Å². The first-order valence-corrected chi connectivity index (χ1v) is 9.86. The van der Waals surface area contributed by atoms with Crippen molar-refractivity contribution in [3.8, 4) is 0 Å². The molecule has 1 aliphatic rings. The van der Waals surface area contributed by atoms with Crippen LogP contribution in [0.3, 0.4) is 0 Å². The number of nitrogens with one attached hydrogen (secondary N) is 1. The number of carbonyl (C=O) groups is 1. The van der Waals surface area contributed by atoms with Crippen LogP contribution in [0, 0.1) is 13.8 Å². The molecule has 3 aromatic rings. The van der Waals surface area contributed by atoms with Gasteiger partial charge in [0.2, 0.25) is 0 Å². The number of benzene rings is 2. The maximum absolute atomic E-state index is 13.0. The third kappa shape index (κ3) is 4.37. The van der Waals surface area contributed by atoms with Crippen LogP contribution in [0.1, 0.15) is 21.6 Å². The molecule has 0 unspecified atom stereocenters. The molecule has 1 fully saturated rings. The van der Waals surface area contributed by atoms with Crippen LogP contribution in [-0.2, 0) is 0 Å². The minimum absolute atomic E-state index is 0.0517. The standard InChI is InChI=1S/C23H25N5O/c1-17-8-9-18(2)20(14-17)26-22-15-21(24-16-25-22)23(29)28-12-10-27(11-13-28)19-6-4-3-5-7-19/h3-9,14-16H,10-13H2,1-2H3,(H,24,25,26). The Bertz CT molecular complexity index is 997. The summed E-state index contributed by atoms with van der Waals surface area (Å²) in [5, 5.41) is 3.31. The van der Waals surface area contributed by atoms with Gasteiger partial charge in [-0.05, 0) is 43.2 Å². The lowest BCUT2D eigenvalue weighted by molar-refractivity contribution is 0.0740. The third-order valence-electron chi connectivity index (χ3n) is 5.23. The summed E-state index contributed by atoms with van der Waals surface area (Å²) in [6.07, 6.45) is 1.45. The molecule has 1 aromatic heterocycles. The van der Waals surface area contributed by atoms with Crippen LogP contribution >= 0.6 is 0 Å². The summed E-state index contributed by atoms with van der Waals surface area (Å²) in [6.45, 7) is 7.08. The molecule has 1 N–H and O–H groups in total. The van der Waals surface area contributed by atoms with Crippen LogP contribution in [-0.4, -0.2) is 47.0 Å². The van der Waals surface area contributed by atoms with Crippen molar-refractivity contribution in [2.75, 3.05) is 36.4 Å². The Morgan fingerprint density at radius 2 is 1.69 bits per heavy atom. The maximum Gasteiger partial charge on any atom is 0.272 e. The zero-order chi connectivity index (χ0) is 20.2. The second-order valence-corrected chi connectivity index (χ2v) is 7.35. The lowest BCUT2D eigenvalue weighted by Crippen LogP contribution is -2.49. The van der Waals surface area contributed by atoms with Gasteiger partial charge in [-0.1, -0.05) is 30.3 Å². The van der Waals surface area contributed by atoms with E-state index < -0.39 is 0 Å². The molecule has 2 heterocycles. The molecule has 0 aliphatic carbocycles. The van der Waals surface area contributed by atoms with E-state index in [1.54, 1.807) is 6.07 Å². The van der Waals surface area contributed by atoms with Crippen molar-refractivity contribution in [1.82, 2.24) is 14.9 Å². The summed E-state index contributed by atoms with van der Waals surface area (Å²) in [5.74, 6) is 0.573. The van der Waals surface area contributed by atoms with Crippen molar-refractivity contribution in [2.45, 2.75) is 13.8 Å². The van der Waals surface area contributed by atoms with Gasteiger partial charge in [-0.25, -0.2) is 9.97 Å². The smallest absolute Gasteiger partial charge is 0.272 e. The van der Waals surface area contributed by atoms with E-state index in [1.807, 2.05) is 30.0 Å². The van der Waals surface area contributed by atoms with Gasteiger partial charge in [0.25, 0.3) is 5.91 Å². The largest absolute Gasteiger partial charge is 0.368 e. The number of aryl methyl sites for hydroxylation is 2. The van der Waals surface area contributed by atoms with E-state index in [0.717, 1.165) is 24.3 Å². The Hall–Kier alpha value is -3.41. The fourth-order valence-corrected chi connectivity index (χ4v) is 3.52. The zero-order valence-electron chi connectivity index (χ0n) is 16.8. The second-order valence-electron chi connectivity index (χ2n) is 7.35. The molecule has 0 atom stereocenters. The SMILES string of the molecule is Cc1ccc(C)c(Nc2cc(C(=O)N3CCN(c4ccccc4)CC3)ncn2)c1. The molecular formula is C23H25N5O. The predicted molar refractivity (Wildman–Crippen MR) is 116 cm³/mol. The van der Waals surface area contributed by atoms with E-state index in [4.69, 9.17) is 0 Å². The number of carbonyl (C=O) groups excluding carboxylic acids is 1. The van der Waals surface area contributed by atoms with Crippen molar-refractivity contribution in [3.05, 3.63) is 77.7 Å². The summed E-state index contributed by atoms with van der Waals surface area (Å²) >= 11 is 0. The quantitative estimate of drug-likeness (QED) is 0.738. The Morgan fingerprint density at radius 1 is 0.931 bits per heavy atom. The van der Waals surface area contributed by atoms with Crippen molar-refractivity contribution < 1.29 is 4.79 Å². The van der Waals surface area contributed by atoms with Gasteiger partial charge >= 0.3 is 0 Å². The monoisotopic (exact) mass is 387 g/mol. The molecule has 0 radical (unpaired) electrons. The third-order valence-corrected chi connectivity index (χ3v) is 5.23. The van der Waals surface area contributed by atoms with E-state index in [2.05, 4.69) is 57.4 Å². The van der Waals surface area contributed by atoms with Gasteiger partial charge in [-0.15, -0.1) is 0 Å². The van der Waals surface area contributed by atoms with Crippen molar-refractivity contribution >= 4 is 23.1 Å². The summed E-state index contributed by atoms with van der Waals surface area (Å²) in [7, 11) is 0. The van der Waals surface area contributed by atoms with Crippen LogP contribution in [0.5, 0.6) is 0 Å². The molecule has 1 amide bonds. The Morgan fingerprint density at radius 3 is 2.45 bits per heavy atom. The lowest BCUT2D eigenvalue weighted by Gasteiger charge is -2.36. The number of amides is 1. The highest BCUT2D eigenvalue weighted by molar-refractivity contribution is 5.93. The molecular weight excluding hydrogens is 362 g/mol. The molecule has 4 rings (SSSR count).